The summed E-state index contributed by atoms with van der Waals surface area (Å²) in [5.74, 6) is -2.39. The number of nitrogens with zero attached hydrogens (tertiary/aromatic N) is 2. The maximum Gasteiger partial charge on any atom is 0.416 e. The van der Waals surface area contributed by atoms with E-state index < -0.39 is 43.8 Å². The number of carbonyl (C=O) groups excluding carboxylic acids is 1. The topological polar surface area (TPSA) is 81.5 Å². The molecule has 0 aliphatic heterocycles. The van der Waals surface area contributed by atoms with Crippen LogP contribution in [0.3, 0.4) is 0 Å². The lowest BCUT2D eigenvalue weighted by Crippen LogP contribution is -2.54. The van der Waals surface area contributed by atoms with Crippen LogP contribution in [0.25, 0.3) is 0 Å². The Labute approximate surface area is 202 Å². The molecule has 1 N–H and O–H groups in total. The molecule has 0 aliphatic rings. The van der Waals surface area contributed by atoms with E-state index in [1.807, 2.05) is 0 Å². The molecule has 0 saturated heterocycles. The van der Waals surface area contributed by atoms with E-state index in [0.717, 1.165) is 0 Å². The molecule has 0 aliphatic carbocycles. The molecule has 0 atom stereocenters. The molecule has 0 aromatic heterocycles. The van der Waals surface area contributed by atoms with Crippen molar-refractivity contribution in [2.75, 3.05) is 14.1 Å². The zero-order valence-corrected chi connectivity index (χ0v) is 19.2. The lowest BCUT2D eigenvalue weighted by atomic mass is 10.00. The molecule has 3 rings (SSSR count). The second-order valence-electron chi connectivity index (χ2n) is 7.85. The number of rotatable bonds is 8. The maximum absolute atomic E-state index is 14.3. The van der Waals surface area contributed by atoms with Crippen LogP contribution >= 0.6 is 11.6 Å². The van der Waals surface area contributed by atoms with Crippen LogP contribution in [0.2, 0.25) is 5.02 Å². The molecule has 184 valence electrons. The second-order valence-corrected chi connectivity index (χ2v) is 8.25. The van der Waals surface area contributed by atoms with E-state index in [-0.39, 0.29) is 23.4 Å². The summed E-state index contributed by atoms with van der Waals surface area (Å²) in [5, 5.41) is 10.7. The van der Waals surface area contributed by atoms with Crippen LogP contribution in [0.1, 0.15) is 27.0 Å². The van der Waals surface area contributed by atoms with Crippen molar-refractivity contribution >= 4 is 23.1 Å². The van der Waals surface area contributed by atoms with Gasteiger partial charge in [-0.2, -0.15) is 13.2 Å². The molecule has 3 aromatic rings. The molecule has 0 amide bonds. The summed E-state index contributed by atoms with van der Waals surface area (Å²) in [4.78, 5) is 28.9. The number of carbonyl (C=O) groups is 1. The van der Waals surface area contributed by atoms with Crippen molar-refractivity contribution in [1.29, 1.82) is 0 Å². The first-order valence-corrected chi connectivity index (χ1v) is 10.4. The minimum Gasteiger partial charge on any atom is -0.290 e. The van der Waals surface area contributed by atoms with Crippen LogP contribution < -0.4 is 10.3 Å². The Kier molecular flexibility index (Phi) is 7.44. The molecule has 3 aromatic carbocycles. The van der Waals surface area contributed by atoms with E-state index in [1.54, 1.807) is 12.1 Å². The number of nitro groups is 1. The molecule has 0 radical (unpaired) electrons. The third-order valence-electron chi connectivity index (χ3n) is 4.84. The Morgan fingerprint density at radius 3 is 2.43 bits per heavy atom. The van der Waals surface area contributed by atoms with Gasteiger partial charge in [0.05, 0.1) is 22.1 Å². The molecule has 7 nitrogen and oxygen atoms in total. The molecule has 35 heavy (non-hydrogen) atoms. The van der Waals surface area contributed by atoms with Gasteiger partial charge in [0.15, 0.2) is 11.6 Å². The van der Waals surface area contributed by atoms with Gasteiger partial charge in [-0.1, -0.05) is 46.7 Å². The fourth-order valence-electron chi connectivity index (χ4n) is 3.16. The first-order chi connectivity index (χ1) is 16.3. The summed E-state index contributed by atoms with van der Waals surface area (Å²) < 4.78 is 52.3. The number of hydrogen-bond acceptors (Lipinski definition) is 5. The predicted molar refractivity (Wildman–Crippen MR) is 119 cm³/mol. The van der Waals surface area contributed by atoms with E-state index in [0.29, 0.717) is 17.7 Å². The average Bonchev–Trinajstić information content (AvgIpc) is 2.79. The van der Waals surface area contributed by atoms with Gasteiger partial charge in [-0.3, -0.25) is 19.7 Å². The third kappa shape index (κ3) is 6.32. The molecular formula is C23H19ClF4N3O4+. The highest BCUT2D eigenvalue weighted by Crippen LogP contribution is 2.37. The van der Waals surface area contributed by atoms with Gasteiger partial charge in [-0.05, 0) is 29.8 Å². The van der Waals surface area contributed by atoms with Crippen LogP contribution in [0.4, 0.5) is 23.2 Å². The fourth-order valence-corrected chi connectivity index (χ4v) is 3.40. The summed E-state index contributed by atoms with van der Waals surface area (Å²) in [6, 6.07) is 12.7. The monoisotopic (exact) mass is 512 g/mol. The normalized spacial score (nSPS) is 11.9. The van der Waals surface area contributed by atoms with Crippen molar-refractivity contribution < 1.29 is 36.9 Å². The number of hydroxylamine groups is 2. The summed E-state index contributed by atoms with van der Waals surface area (Å²) in [7, 11) is 2.91. The van der Waals surface area contributed by atoms with Crippen molar-refractivity contribution in [3.8, 4) is 5.75 Å². The number of benzene rings is 3. The van der Waals surface area contributed by atoms with Crippen molar-refractivity contribution in [2.45, 2.75) is 12.7 Å². The van der Waals surface area contributed by atoms with Gasteiger partial charge in [0.25, 0.3) is 5.69 Å². The number of ketones is 1. The SMILES string of the molecule is C[N+](C)(NCc1cccc(C(=O)c2ccccc2[N+](=O)[O-])c1)Oc1c(F)cc(C(F)(F)F)cc1Cl. The van der Waals surface area contributed by atoms with Gasteiger partial charge in [0.1, 0.15) is 19.7 Å². The number of nitrogens with one attached hydrogen (secondary N) is 1. The standard InChI is InChI=1S/C23H19ClF4N3O4/c1-31(2,35-22-18(24)11-16(12-19(22)25)23(26,27)28)29-13-14-6-5-7-15(10-14)21(32)17-8-3-4-9-20(17)30(33)34/h3-12,29H,13H2,1-2H3/q+1. The van der Waals surface area contributed by atoms with E-state index in [2.05, 4.69) is 5.43 Å². The van der Waals surface area contributed by atoms with E-state index >= 15 is 0 Å². The predicted octanol–water partition coefficient (Wildman–Crippen LogP) is 5.71. The minimum atomic E-state index is -4.77. The van der Waals surface area contributed by atoms with Gasteiger partial charge in [0, 0.05) is 11.6 Å². The van der Waals surface area contributed by atoms with Crippen molar-refractivity contribution in [3.05, 3.63) is 104 Å². The number of hydrogen-bond donors (Lipinski definition) is 1. The van der Waals surface area contributed by atoms with Crippen LogP contribution in [-0.2, 0) is 12.7 Å². The third-order valence-corrected chi connectivity index (χ3v) is 5.12. The second kappa shape index (κ2) is 9.98. The summed E-state index contributed by atoms with van der Waals surface area (Å²) in [6.45, 7) is 0.0882. The maximum atomic E-state index is 14.3. The smallest absolute Gasteiger partial charge is 0.290 e. The Morgan fingerprint density at radius 1 is 1.11 bits per heavy atom. The average molecular weight is 513 g/mol. The minimum absolute atomic E-state index is 0.0607. The summed E-state index contributed by atoms with van der Waals surface area (Å²) in [6.07, 6.45) is -4.77. The van der Waals surface area contributed by atoms with E-state index in [9.17, 15) is 32.5 Å². The fraction of sp³-hybridized carbons (Fsp3) is 0.174. The zero-order chi connectivity index (χ0) is 26.0. The Bertz CT molecular complexity index is 1260. The van der Waals surface area contributed by atoms with Crippen LogP contribution in [0, 0.1) is 15.9 Å². The lowest BCUT2D eigenvalue weighted by molar-refractivity contribution is -1.09. The van der Waals surface area contributed by atoms with Gasteiger partial charge < -0.3 is 0 Å². The molecule has 0 unspecified atom stereocenters. The van der Waals surface area contributed by atoms with Crippen molar-refractivity contribution in [3.63, 3.8) is 0 Å². The molecule has 0 heterocycles. The van der Waals surface area contributed by atoms with Gasteiger partial charge in [0.2, 0.25) is 5.75 Å². The number of nitro benzene ring substituents is 1. The first-order valence-electron chi connectivity index (χ1n) is 10.0. The highest BCUT2D eigenvalue weighted by molar-refractivity contribution is 6.32. The number of alkyl halides is 3. The summed E-state index contributed by atoms with van der Waals surface area (Å²) >= 11 is 5.82. The molecule has 0 bridgehead atoms. The van der Waals surface area contributed by atoms with Crippen molar-refractivity contribution in [1.82, 2.24) is 5.43 Å². The van der Waals surface area contributed by atoms with Gasteiger partial charge in [-0.15, -0.1) is 5.43 Å². The zero-order valence-electron chi connectivity index (χ0n) is 18.4. The van der Waals surface area contributed by atoms with E-state index in [4.69, 9.17) is 16.4 Å². The first kappa shape index (κ1) is 26.1. The Morgan fingerprint density at radius 2 is 1.80 bits per heavy atom. The van der Waals surface area contributed by atoms with Crippen LogP contribution in [-0.4, -0.2) is 29.6 Å². The number of halogens is 5. The highest BCUT2D eigenvalue weighted by atomic mass is 35.5. The Balaban J connectivity index is 1.75. The molecule has 12 heteroatoms. The molecular weight excluding hydrogens is 494 g/mol. The van der Waals surface area contributed by atoms with E-state index in [1.165, 1.54) is 50.5 Å². The van der Waals surface area contributed by atoms with Crippen LogP contribution in [0.5, 0.6) is 5.75 Å². The van der Waals surface area contributed by atoms with Gasteiger partial charge >= 0.3 is 6.18 Å². The lowest BCUT2D eigenvalue weighted by Gasteiger charge is -2.28. The van der Waals surface area contributed by atoms with Crippen LogP contribution in [0.15, 0.2) is 60.7 Å². The molecule has 0 spiro atoms. The van der Waals surface area contributed by atoms with Gasteiger partial charge in [-0.25, -0.2) is 4.39 Å². The van der Waals surface area contributed by atoms with Crippen molar-refractivity contribution in [2.24, 2.45) is 0 Å². The Hall–Kier alpha value is -3.54. The highest BCUT2D eigenvalue weighted by Gasteiger charge is 2.34. The quantitative estimate of drug-likeness (QED) is 0.137. The molecule has 0 fully saturated rings. The molecule has 0 saturated carbocycles. The summed E-state index contributed by atoms with van der Waals surface area (Å²) in [5.41, 5.74) is 2.08. The number of quaternary nitrogens is 1. The largest absolute Gasteiger partial charge is 0.416 e. The number of para-hydroxylation sites is 1.